The Hall–Kier alpha value is -3.04. The van der Waals surface area contributed by atoms with Crippen molar-refractivity contribution < 1.29 is 17.6 Å². The van der Waals surface area contributed by atoms with Gasteiger partial charge in [0.15, 0.2) is 9.84 Å². The number of hydrogen-bond acceptors (Lipinski definition) is 7. The molecule has 1 aliphatic rings. The Bertz CT molecular complexity index is 1220. The molecule has 1 N–H and O–H groups in total. The first-order valence-electron chi connectivity index (χ1n) is 11.5. The molecule has 0 radical (unpaired) electrons. The van der Waals surface area contributed by atoms with E-state index < -0.39 is 9.84 Å². The van der Waals surface area contributed by atoms with Crippen molar-refractivity contribution in [3.05, 3.63) is 71.4 Å². The van der Waals surface area contributed by atoms with Crippen LogP contribution in [-0.4, -0.2) is 61.1 Å². The zero-order valence-electron chi connectivity index (χ0n) is 19.5. The summed E-state index contributed by atoms with van der Waals surface area (Å²) in [6, 6.07) is 10.8. The summed E-state index contributed by atoms with van der Waals surface area (Å²) in [6.07, 6.45) is 5.50. The molecule has 0 unspecified atom stereocenters. The normalized spacial score (nSPS) is 15.4. The summed E-state index contributed by atoms with van der Waals surface area (Å²) in [6.45, 7) is 3.83. The zero-order valence-corrected chi connectivity index (χ0v) is 20.3. The van der Waals surface area contributed by atoms with Crippen LogP contribution in [0.2, 0.25) is 0 Å². The number of aryl methyl sites for hydroxylation is 1. The third-order valence-electron chi connectivity index (χ3n) is 6.22. The molecule has 1 amide bonds. The zero-order chi connectivity index (χ0) is 24.1. The summed E-state index contributed by atoms with van der Waals surface area (Å²) < 4.78 is 31.6. The van der Waals surface area contributed by atoms with Crippen LogP contribution in [0.15, 0.2) is 53.2 Å². The maximum atomic E-state index is 12.9. The fourth-order valence-corrected chi connectivity index (χ4v) is 5.88. The second-order valence-corrected chi connectivity index (χ2v) is 11.1. The maximum Gasteiger partial charge on any atom is 0.251 e. The minimum Gasteiger partial charge on any atom is -0.441 e. The number of oxazole rings is 1. The van der Waals surface area contributed by atoms with E-state index in [1.54, 1.807) is 43.6 Å². The first-order chi connectivity index (χ1) is 16.3. The molecule has 3 aromatic rings. The summed E-state index contributed by atoms with van der Waals surface area (Å²) in [5.74, 6) is 0.580. The van der Waals surface area contributed by atoms with Gasteiger partial charge >= 0.3 is 0 Å². The lowest BCUT2D eigenvalue weighted by Gasteiger charge is -2.28. The van der Waals surface area contributed by atoms with E-state index in [9.17, 15) is 13.2 Å². The Labute approximate surface area is 200 Å². The Balaban J connectivity index is 1.37. The van der Waals surface area contributed by atoms with Crippen LogP contribution in [0.5, 0.6) is 0 Å². The fraction of sp³-hybridized carbons (Fsp3) is 0.400. The van der Waals surface area contributed by atoms with E-state index in [-0.39, 0.29) is 16.9 Å². The molecule has 0 spiro atoms. The number of rotatable bonds is 8. The van der Waals surface area contributed by atoms with Crippen molar-refractivity contribution in [1.29, 1.82) is 0 Å². The SMILES string of the molecule is Cc1oc(-c2ccc(C(=O)NCCc3cccnc3)cc2)nc1CS(=O)(=O)C1CCN(C)CC1. The van der Waals surface area contributed by atoms with Crippen LogP contribution in [0.25, 0.3) is 11.5 Å². The van der Waals surface area contributed by atoms with Crippen molar-refractivity contribution in [2.24, 2.45) is 0 Å². The van der Waals surface area contributed by atoms with Crippen LogP contribution in [-0.2, 0) is 22.0 Å². The van der Waals surface area contributed by atoms with E-state index in [0.29, 0.717) is 54.3 Å². The number of amides is 1. The van der Waals surface area contributed by atoms with Gasteiger partial charge in [-0.3, -0.25) is 9.78 Å². The van der Waals surface area contributed by atoms with E-state index in [4.69, 9.17) is 4.42 Å². The van der Waals surface area contributed by atoms with Crippen LogP contribution < -0.4 is 5.32 Å². The average molecular weight is 483 g/mol. The highest BCUT2D eigenvalue weighted by molar-refractivity contribution is 7.91. The van der Waals surface area contributed by atoms with Crippen LogP contribution in [0.3, 0.4) is 0 Å². The van der Waals surface area contributed by atoms with Crippen LogP contribution >= 0.6 is 0 Å². The molecular formula is C25H30N4O4S. The van der Waals surface area contributed by atoms with Gasteiger partial charge in [0.25, 0.3) is 5.91 Å². The second-order valence-electron chi connectivity index (χ2n) is 8.78. The topological polar surface area (TPSA) is 105 Å². The third-order valence-corrected chi connectivity index (χ3v) is 8.38. The van der Waals surface area contributed by atoms with Crippen LogP contribution in [0.4, 0.5) is 0 Å². The van der Waals surface area contributed by atoms with Gasteiger partial charge in [0.2, 0.25) is 5.89 Å². The van der Waals surface area contributed by atoms with E-state index in [0.717, 1.165) is 18.7 Å². The monoisotopic (exact) mass is 482 g/mol. The summed E-state index contributed by atoms with van der Waals surface area (Å²) in [5.41, 5.74) is 2.73. The van der Waals surface area contributed by atoms with Gasteiger partial charge in [-0.1, -0.05) is 6.07 Å². The van der Waals surface area contributed by atoms with Gasteiger partial charge in [-0.2, -0.15) is 0 Å². The van der Waals surface area contributed by atoms with Crippen LogP contribution in [0, 0.1) is 6.92 Å². The van der Waals surface area contributed by atoms with Gasteiger partial charge < -0.3 is 14.6 Å². The summed E-state index contributed by atoms with van der Waals surface area (Å²) >= 11 is 0. The standard InChI is InChI=1S/C25H30N4O4S/c1-18-23(17-34(31,32)22-10-14-29(2)15-11-22)28-25(33-18)21-7-5-20(6-8-21)24(30)27-13-9-19-4-3-12-26-16-19/h3-8,12,16,22H,9-11,13-15,17H2,1-2H3,(H,27,30). The lowest BCUT2D eigenvalue weighted by Crippen LogP contribution is -2.37. The number of sulfone groups is 1. The smallest absolute Gasteiger partial charge is 0.251 e. The molecule has 3 heterocycles. The predicted molar refractivity (Wildman–Crippen MR) is 130 cm³/mol. The van der Waals surface area contributed by atoms with E-state index in [2.05, 4.69) is 20.2 Å². The number of carbonyl (C=O) groups is 1. The largest absolute Gasteiger partial charge is 0.441 e. The Morgan fingerprint density at radius 3 is 2.59 bits per heavy atom. The molecule has 34 heavy (non-hydrogen) atoms. The van der Waals surface area contributed by atoms with Gasteiger partial charge in [-0.05, 0) is 82.2 Å². The minimum absolute atomic E-state index is 0.117. The second kappa shape index (κ2) is 10.5. The lowest BCUT2D eigenvalue weighted by molar-refractivity contribution is 0.0954. The molecule has 0 saturated carbocycles. The quantitative estimate of drug-likeness (QED) is 0.526. The van der Waals surface area contributed by atoms with Gasteiger partial charge in [-0.25, -0.2) is 13.4 Å². The molecular weight excluding hydrogens is 452 g/mol. The number of nitrogens with one attached hydrogen (secondary N) is 1. The highest BCUT2D eigenvalue weighted by atomic mass is 32.2. The third kappa shape index (κ3) is 5.90. The fourth-order valence-electron chi connectivity index (χ4n) is 4.07. The first kappa shape index (κ1) is 24.1. The highest BCUT2D eigenvalue weighted by Gasteiger charge is 2.30. The van der Waals surface area contributed by atoms with Gasteiger partial charge in [-0.15, -0.1) is 0 Å². The Kier molecular flexibility index (Phi) is 7.43. The average Bonchev–Trinajstić information content (AvgIpc) is 3.19. The van der Waals surface area contributed by atoms with Crippen molar-refractivity contribution in [3.63, 3.8) is 0 Å². The summed E-state index contributed by atoms with van der Waals surface area (Å²) in [7, 11) is -1.30. The molecule has 1 aliphatic heterocycles. The van der Waals surface area contributed by atoms with Crippen molar-refractivity contribution in [3.8, 4) is 11.5 Å². The Morgan fingerprint density at radius 2 is 1.91 bits per heavy atom. The number of aromatic nitrogens is 2. The molecule has 9 heteroatoms. The van der Waals surface area contributed by atoms with Crippen molar-refractivity contribution >= 4 is 15.7 Å². The molecule has 8 nitrogen and oxygen atoms in total. The minimum atomic E-state index is -3.30. The van der Waals surface area contributed by atoms with Gasteiger partial charge in [0, 0.05) is 30.1 Å². The van der Waals surface area contributed by atoms with E-state index in [1.165, 1.54) is 0 Å². The molecule has 0 atom stereocenters. The van der Waals surface area contributed by atoms with E-state index >= 15 is 0 Å². The summed E-state index contributed by atoms with van der Waals surface area (Å²) in [4.78, 5) is 23.1. The molecule has 0 bridgehead atoms. The number of pyridine rings is 1. The number of piperidine rings is 1. The number of benzene rings is 1. The van der Waals surface area contributed by atoms with E-state index in [1.807, 2.05) is 19.2 Å². The number of likely N-dealkylation sites (tertiary alicyclic amines) is 1. The van der Waals surface area contributed by atoms with Gasteiger partial charge in [0.05, 0.1) is 16.7 Å². The predicted octanol–water partition coefficient (Wildman–Crippen LogP) is 3.03. The van der Waals surface area contributed by atoms with Crippen LogP contribution in [0.1, 0.15) is 40.2 Å². The molecule has 4 rings (SSSR count). The number of carbonyl (C=O) groups excluding carboxylic acids is 1. The lowest BCUT2D eigenvalue weighted by atomic mass is 10.1. The van der Waals surface area contributed by atoms with Crippen molar-refractivity contribution in [2.75, 3.05) is 26.7 Å². The van der Waals surface area contributed by atoms with Crippen molar-refractivity contribution in [2.45, 2.75) is 37.2 Å². The van der Waals surface area contributed by atoms with Gasteiger partial charge in [0.1, 0.15) is 5.76 Å². The molecule has 1 saturated heterocycles. The maximum absolute atomic E-state index is 12.9. The number of nitrogens with zero attached hydrogens (tertiary/aromatic N) is 3. The molecule has 1 aromatic carbocycles. The first-order valence-corrected chi connectivity index (χ1v) is 13.2. The molecule has 0 aliphatic carbocycles. The molecule has 2 aromatic heterocycles. The molecule has 1 fully saturated rings. The Morgan fingerprint density at radius 1 is 1.18 bits per heavy atom. The number of hydrogen-bond donors (Lipinski definition) is 1. The summed E-state index contributed by atoms with van der Waals surface area (Å²) in [5, 5.41) is 2.57. The molecule has 180 valence electrons. The highest BCUT2D eigenvalue weighted by Crippen LogP contribution is 2.26. The van der Waals surface area contributed by atoms with Crippen molar-refractivity contribution in [1.82, 2.24) is 20.2 Å².